The van der Waals surface area contributed by atoms with Crippen LogP contribution in [0.3, 0.4) is 0 Å². The van der Waals surface area contributed by atoms with Crippen molar-refractivity contribution in [2.45, 2.75) is 67.9 Å². The van der Waals surface area contributed by atoms with Crippen LogP contribution in [0.5, 0.6) is 0 Å². The molecule has 0 bridgehead atoms. The summed E-state index contributed by atoms with van der Waals surface area (Å²) >= 11 is 6.38. The third kappa shape index (κ3) is 5.01. The number of ether oxygens (including phenoxy) is 1. The lowest BCUT2D eigenvalue weighted by atomic mass is 9.87. The van der Waals surface area contributed by atoms with Crippen molar-refractivity contribution in [3.05, 3.63) is 69.7 Å². The van der Waals surface area contributed by atoms with Crippen LogP contribution in [0.1, 0.15) is 47.9 Å². The fourth-order valence-electron chi connectivity index (χ4n) is 4.52. The molecular weight excluding hydrogens is 460 g/mol. The van der Waals surface area contributed by atoms with E-state index in [1.54, 1.807) is 12.1 Å². The third-order valence-electron chi connectivity index (χ3n) is 6.64. The highest BCUT2D eigenvalue weighted by atomic mass is 35.5. The molecule has 1 heterocycles. The van der Waals surface area contributed by atoms with Crippen molar-refractivity contribution in [3.8, 4) is 11.8 Å². The second kappa shape index (κ2) is 9.94. The van der Waals surface area contributed by atoms with Crippen LogP contribution >= 0.6 is 11.6 Å². The van der Waals surface area contributed by atoms with E-state index in [0.717, 1.165) is 24.0 Å². The summed E-state index contributed by atoms with van der Waals surface area (Å²) in [6.07, 6.45) is -2.60. The molecule has 0 unspecified atom stereocenters. The first-order valence-electron chi connectivity index (χ1n) is 11.3. The number of aliphatic hydroxyl groups excluding tert-OH is 4. The van der Waals surface area contributed by atoms with Crippen LogP contribution in [-0.4, -0.2) is 67.3 Å². The number of aliphatic hydroxyl groups is 6. The van der Waals surface area contributed by atoms with Crippen molar-refractivity contribution < 1.29 is 35.4 Å². The molecule has 2 aromatic carbocycles. The third-order valence-corrected chi connectivity index (χ3v) is 7.01. The Morgan fingerprint density at radius 3 is 2.29 bits per heavy atom. The zero-order chi connectivity index (χ0) is 24.5. The van der Waals surface area contributed by atoms with Crippen LogP contribution < -0.4 is 0 Å². The Kier molecular flexibility index (Phi) is 7.34. The molecule has 5 atom stereocenters. The number of benzene rings is 2. The molecule has 182 valence electrons. The van der Waals surface area contributed by atoms with E-state index >= 15 is 0 Å². The zero-order valence-electron chi connectivity index (χ0n) is 18.6. The van der Waals surface area contributed by atoms with Crippen molar-refractivity contribution in [2.75, 3.05) is 6.61 Å². The molecule has 2 aliphatic rings. The molecule has 8 heteroatoms. The molecule has 1 saturated heterocycles. The molecule has 2 aromatic rings. The van der Waals surface area contributed by atoms with E-state index in [-0.39, 0.29) is 5.56 Å². The SMILES string of the molecule is OC[C@H]1O[C@@](O)(c2ccc(Cl)c(Cc3ccc(C#CC4(O)CCCC4)cc3)c2)[C@H](O)[C@@H](O)[C@@H]1O. The van der Waals surface area contributed by atoms with Crippen molar-refractivity contribution in [1.82, 2.24) is 0 Å². The fraction of sp³-hybridized carbons (Fsp3) is 0.462. The Balaban J connectivity index is 1.54. The largest absolute Gasteiger partial charge is 0.394 e. The molecule has 6 N–H and O–H groups in total. The summed E-state index contributed by atoms with van der Waals surface area (Å²) in [5.74, 6) is 3.68. The van der Waals surface area contributed by atoms with Gasteiger partial charge in [0, 0.05) is 16.1 Å². The Labute approximate surface area is 203 Å². The second-order valence-electron chi connectivity index (χ2n) is 9.13. The van der Waals surface area contributed by atoms with Gasteiger partial charge >= 0.3 is 0 Å². The van der Waals surface area contributed by atoms with E-state index in [9.17, 15) is 30.6 Å². The van der Waals surface area contributed by atoms with Crippen molar-refractivity contribution >= 4 is 11.6 Å². The summed E-state index contributed by atoms with van der Waals surface area (Å²) < 4.78 is 5.41. The molecule has 7 nitrogen and oxygen atoms in total. The lowest BCUT2D eigenvalue weighted by Crippen LogP contribution is -2.63. The minimum Gasteiger partial charge on any atom is -0.394 e. The molecule has 1 saturated carbocycles. The molecule has 0 spiro atoms. The summed E-state index contributed by atoms with van der Waals surface area (Å²) in [7, 11) is 0. The molecule has 1 aliphatic heterocycles. The first kappa shape index (κ1) is 25.1. The highest BCUT2D eigenvalue weighted by molar-refractivity contribution is 6.31. The number of hydrogen-bond donors (Lipinski definition) is 6. The van der Waals surface area contributed by atoms with E-state index in [1.165, 1.54) is 6.07 Å². The quantitative estimate of drug-likeness (QED) is 0.357. The summed E-state index contributed by atoms with van der Waals surface area (Å²) in [5, 5.41) is 61.9. The Hall–Kier alpha value is -1.99. The standard InChI is InChI=1S/C26H29ClO7/c27-20-8-7-19(26(33)24(31)23(30)22(29)21(15-28)34-26)14-18(20)13-17-5-3-16(4-6-17)9-12-25(32)10-1-2-11-25/h3-8,14,21-24,28-33H,1-2,10-11,13,15H2/t21-,22-,23+,24-,26+/m1/s1. The van der Waals surface area contributed by atoms with Gasteiger partial charge in [0.1, 0.15) is 30.0 Å². The normalized spacial score (nSPS) is 30.6. The highest BCUT2D eigenvalue weighted by Crippen LogP contribution is 2.38. The van der Waals surface area contributed by atoms with Crippen molar-refractivity contribution in [2.24, 2.45) is 0 Å². The predicted octanol–water partition coefficient (Wildman–Crippen LogP) is 1.21. The summed E-state index contributed by atoms with van der Waals surface area (Å²) in [5.41, 5.74) is 1.60. The average Bonchev–Trinajstić information content (AvgIpc) is 3.27. The van der Waals surface area contributed by atoms with Gasteiger partial charge in [-0.1, -0.05) is 41.6 Å². The maximum atomic E-state index is 11.1. The Morgan fingerprint density at radius 1 is 0.971 bits per heavy atom. The maximum Gasteiger partial charge on any atom is 0.222 e. The Bertz CT molecular complexity index is 1070. The zero-order valence-corrected chi connectivity index (χ0v) is 19.3. The van der Waals surface area contributed by atoms with Gasteiger partial charge in [0.25, 0.3) is 0 Å². The minimum atomic E-state index is -2.34. The van der Waals surface area contributed by atoms with Gasteiger partial charge in [-0.25, -0.2) is 0 Å². The monoisotopic (exact) mass is 488 g/mol. The first-order chi connectivity index (χ1) is 16.1. The van der Waals surface area contributed by atoms with E-state index in [0.29, 0.717) is 29.8 Å². The predicted molar refractivity (Wildman–Crippen MR) is 125 cm³/mol. The molecule has 0 amide bonds. The molecule has 0 aromatic heterocycles. The fourth-order valence-corrected chi connectivity index (χ4v) is 4.71. The van der Waals surface area contributed by atoms with Crippen LogP contribution in [0.2, 0.25) is 5.02 Å². The molecule has 0 radical (unpaired) electrons. The van der Waals surface area contributed by atoms with Gasteiger partial charge in [-0.3, -0.25) is 0 Å². The maximum absolute atomic E-state index is 11.1. The van der Waals surface area contributed by atoms with Crippen LogP contribution in [0.4, 0.5) is 0 Å². The molecular formula is C26H29ClO7. The van der Waals surface area contributed by atoms with Gasteiger partial charge in [0.15, 0.2) is 0 Å². The van der Waals surface area contributed by atoms with Gasteiger partial charge in [-0.2, -0.15) is 0 Å². The summed E-state index contributed by atoms with van der Waals surface area (Å²) in [6.45, 7) is -0.652. The summed E-state index contributed by atoms with van der Waals surface area (Å²) in [6, 6.07) is 12.1. The number of hydrogen-bond acceptors (Lipinski definition) is 7. The van der Waals surface area contributed by atoms with Gasteiger partial charge in [-0.05, 0) is 67.5 Å². The van der Waals surface area contributed by atoms with E-state index in [4.69, 9.17) is 16.3 Å². The van der Waals surface area contributed by atoms with Crippen molar-refractivity contribution in [1.29, 1.82) is 0 Å². The van der Waals surface area contributed by atoms with Gasteiger partial charge in [-0.15, -0.1) is 0 Å². The molecule has 34 heavy (non-hydrogen) atoms. The molecule has 2 fully saturated rings. The summed E-state index contributed by atoms with van der Waals surface area (Å²) in [4.78, 5) is 0. The Morgan fingerprint density at radius 2 is 1.65 bits per heavy atom. The van der Waals surface area contributed by atoms with Crippen LogP contribution in [-0.2, 0) is 16.9 Å². The van der Waals surface area contributed by atoms with Crippen molar-refractivity contribution in [3.63, 3.8) is 0 Å². The smallest absolute Gasteiger partial charge is 0.222 e. The number of halogens is 1. The molecule has 4 rings (SSSR count). The average molecular weight is 489 g/mol. The number of rotatable bonds is 4. The second-order valence-corrected chi connectivity index (χ2v) is 9.54. The molecule has 1 aliphatic carbocycles. The lowest BCUT2D eigenvalue weighted by molar-refractivity contribution is -0.357. The van der Waals surface area contributed by atoms with E-state index < -0.39 is 42.4 Å². The van der Waals surface area contributed by atoms with Gasteiger partial charge in [0.2, 0.25) is 5.79 Å². The van der Waals surface area contributed by atoms with Gasteiger partial charge < -0.3 is 35.4 Å². The van der Waals surface area contributed by atoms with Crippen LogP contribution in [0.25, 0.3) is 0 Å². The topological polar surface area (TPSA) is 131 Å². The lowest BCUT2D eigenvalue weighted by Gasteiger charge is -2.45. The van der Waals surface area contributed by atoms with Crippen LogP contribution in [0.15, 0.2) is 42.5 Å². The highest BCUT2D eigenvalue weighted by Gasteiger charge is 2.53. The van der Waals surface area contributed by atoms with Crippen LogP contribution in [0, 0.1) is 11.8 Å². The first-order valence-corrected chi connectivity index (χ1v) is 11.7. The minimum absolute atomic E-state index is 0.135. The van der Waals surface area contributed by atoms with E-state index in [1.807, 2.05) is 24.3 Å². The van der Waals surface area contributed by atoms with E-state index in [2.05, 4.69) is 11.8 Å². The van der Waals surface area contributed by atoms with Gasteiger partial charge in [0.05, 0.1) is 6.61 Å².